The normalized spacial score (nSPS) is 38.2. The SMILES string of the molecule is C[C@@H](CCCN1CCCC1)[C@H]1COCC[C@]12CO2. The summed E-state index contributed by atoms with van der Waals surface area (Å²) in [4.78, 5) is 2.62. The maximum absolute atomic E-state index is 5.76. The summed E-state index contributed by atoms with van der Waals surface area (Å²) in [7, 11) is 0. The first-order chi connectivity index (χ1) is 8.80. The zero-order chi connectivity index (χ0) is 12.4. The lowest BCUT2D eigenvalue weighted by atomic mass is 9.78. The highest BCUT2D eigenvalue weighted by Gasteiger charge is 2.54. The molecule has 0 aromatic rings. The van der Waals surface area contributed by atoms with E-state index in [0.717, 1.165) is 32.2 Å². The average molecular weight is 253 g/mol. The molecule has 1 spiro atoms. The van der Waals surface area contributed by atoms with Crippen molar-refractivity contribution in [3.05, 3.63) is 0 Å². The molecule has 3 heteroatoms. The second-order valence-electron chi connectivity index (χ2n) is 6.45. The van der Waals surface area contributed by atoms with Gasteiger partial charge in [-0.15, -0.1) is 0 Å². The van der Waals surface area contributed by atoms with Crippen LogP contribution in [0, 0.1) is 11.8 Å². The Morgan fingerprint density at radius 3 is 2.83 bits per heavy atom. The summed E-state index contributed by atoms with van der Waals surface area (Å²) in [5.41, 5.74) is 0.227. The van der Waals surface area contributed by atoms with E-state index in [2.05, 4.69) is 11.8 Å². The number of ether oxygens (including phenoxy) is 2. The van der Waals surface area contributed by atoms with Crippen molar-refractivity contribution in [2.24, 2.45) is 11.8 Å². The second kappa shape index (κ2) is 5.48. The monoisotopic (exact) mass is 253 g/mol. The van der Waals surface area contributed by atoms with E-state index in [1.807, 2.05) is 0 Å². The minimum Gasteiger partial charge on any atom is -0.381 e. The van der Waals surface area contributed by atoms with E-state index in [1.54, 1.807) is 0 Å². The van der Waals surface area contributed by atoms with Gasteiger partial charge >= 0.3 is 0 Å². The molecule has 3 saturated heterocycles. The Morgan fingerprint density at radius 1 is 1.33 bits per heavy atom. The van der Waals surface area contributed by atoms with Crippen LogP contribution in [0.5, 0.6) is 0 Å². The molecule has 3 aliphatic heterocycles. The van der Waals surface area contributed by atoms with Crippen LogP contribution < -0.4 is 0 Å². The molecule has 3 heterocycles. The van der Waals surface area contributed by atoms with Gasteiger partial charge in [-0.05, 0) is 51.2 Å². The summed E-state index contributed by atoms with van der Waals surface area (Å²) in [5, 5.41) is 0. The zero-order valence-corrected chi connectivity index (χ0v) is 11.7. The van der Waals surface area contributed by atoms with Gasteiger partial charge in [-0.3, -0.25) is 0 Å². The zero-order valence-electron chi connectivity index (χ0n) is 11.7. The molecule has 104 valence electrons. The minimum atomic E-state index is 0.227. The van der Waals surface area contributed by atoms with Crippen molar-refractivity contribution >= 4 is 0 Å². The third kappa shape index (κ3) is 2.73. The fourth-order valence-corrected chi connectivity index (χ4v) is 3.77. The number of nitrogens with zero attached hydrogens (tertiary/aromatic N) is 1. The highest BCUT2D eigenvalue weighted by molar-refractivity contribution is 5.01. The van der Waals surface area contributed by atoms with Crippen LogP contribution in [-0.2, 0) is 9.47 Å². The standard InChI is InChI=1S/C15H27NO2/c1-13(5-4-9-16-7-2-3-8-16)14-11-17-10-6-15(14)12-18-15/h13-14H,2-12H2,1H3/t13-,14+,15-/m0/s1. The lowest BCUT2D eigenvalue weighted by Gasteiger charge is -2.33. The molecule has 0 unspecified atom stereocenters. The van der Waals surface area contributed by atoms with E-state index in [9.17, 15) is 0 Å². The Labute approximate surface area is 111 Å². The van der Waals surface area contributed by atoms with Gasteiger partial charge in [-0.1, -0.05) is 6.92 Å². The highest BCUT2D eigenvalue weighted by Crippen LogP contribution is 2.45. The van der Waals surface area contributed by atoms with Gasteiger partial charge in [0.2, 0.25) is 0 Å². The molecule has 0 N–H and O–H groups in total. The maximum atomic E-state index is 5.76. The summed E-state index contributed by atoms with van der Waals surface area (Å²) in [6, 6.07) is 0. The molecular weight excluding hydrogens is 226 g/mol. The van der Waals surface area contributed by atoms with Crippen LogP contribution in [-0.4, -0.2) is 50.0 Å². The van der Waals surface area contributed by atoms with Gasteiger partial charge in [0.05, 0.1) is 18.8 Å². The predicted octanol–water partition coefficient (Wildman–Crippen LogP) is 2.30. The van der Waals surface area contributed by atoms with Crippen LogP contribution in [0.25, 0.3) is 0 Å². The Bertz CT molecular complexity index is 272. The van der Waals surface area contributed by atoms with Crippen LogP contribution in [0.2, 0.25) is 0 Å². The molecule has 0 radical (unpaired) electrons. The van der Waals surface area contributed by atoms with Gasteiger partial charge in [0.1, 0.15) is 0 Å². The molecule has 0 saturated carbocycles. The quantitative estimate of drug-likeness (QED) is 0.703. The van der Waals surface area contributed by atoms with Crippen LogP contribution >= 0.6 is 0 Å². The van der Waals surface area contributed by atoms with Crippen molar-refractivity contribution in [1.29, 1.82) is 0 Å². The van der Waals surface area contributed by atoms with Gasteiger partial charge in [0.15, 0.2) is 0 Å². The Kier molecular flexibility index (Phi) is 3.92. The van der Waals surface area contributed by atoms with Crippen molar-refractivity contribution in [2.75, 3.05) is 39.5 Å². The predicted molar refractivity (Wildman–Crippen MR) is 71.7 cm³/mol. The molecule has 3 atom stereocenters. The van der Waals surface area contributed by atoms with Gasteiger partial charge in [-0.2, -0.15) is 0 Å². The topological polar surface area (TPSA) is 25.0 Å². The Balaban J connectivity index is 1.41. The van der Waals surface area contributed by atoms with Crippen molar-refractivity contribution in [3.8, 4) is 0 Å². The van der Waals surface area contributed by atoms with Crippen LogP contribution in [0.15, 0.2) is 0 Å². The third-order valence-corrected chi connectivity index (χ3v) is 5.18. The van der Waals surface area contributed by atoms with Crippen LogP contribution in [0.4, 0.5) is 0 Å². The van der Waals surface area contributed by atoms with E-state index in [4.69, 9.17) is 9.47 Å². The van der Waals surface area contributed by atoms with Crippen molar-refractivity contribution in [3.63, 3.8) is 0 Å². The molecule has 18 heavy (non-hydrogen) atoms. The molecule has 0 aromatic heterocycles. The summed E-state index contributed by atoms with van der Waals surface area (Å²) in [5.74, 6) is 1.39. The fraction of sp³-hybridized carbons (Fsp3) is 1.00. The van der Waals surface area contributed by atoms with E-state index in [0.29, 0.717) is 5.92 Å². The lowest BCUT2D eigenvalue weighted by molar-refractivity contribution is -0.0238. The number of likely N-dealkylation sites (tertiary alicyclic amines) is 1. The van der Waals surface area contributed by atoms with Gasteiger partial charge in [-0.25, -0.2) is 0 Å². The Hall–Kier alpha value is -0.120. The largest absolute Gasteiger partial charge is 0.381 e. The molecule has 3 nitrogen and oxygen atoms in total. The van der Waals surface area contributed by atoms with Crippen molar-refractivity contribution < 1.29 is 9.47 Å². The third-order valence-electron chi connectivity index (χ3n) is 5.18. The van der Waals surface area contributed by atoms with Crippen molar-refractivity contribution in [1.82, 2.24) is 4.90 Å². The van der Waals surface area contributed by atoms with E-state index < -0.39 is 0 Å². The molecule has 3 fully saturated rings. The fourth-order valence-electron chi connectivity index (χ4n) is 3.77. The molecule has 0 aromatic carbocycles. The Morgan fingerprint density at radius 2 is 2.11 bits per heavy atom. The first kappa shape index (κ1) is 12.9. The highest BCUT2D eigenvalue weighted by atomic mass is 16.6. The smallest absolute Gasteiger partial charge is 0.0990 e. The van der Waals surface area contributed by atoms with Crippen LogP contribution in [0.1, 0.15) is 39.0 Å². The van der Waals surface area contributed by atoms with Crippen molar-refractivity contribution in [2.45, 2.75) is 44.6 Å². The van der Waals surface area contributed by atoms with Gasteiger partial charge < -0.3 is 14.4 Å². The first-order valence-corrected chi connectivity index (χ1v) is 7.74. The second-order valence-corrected chi connectivity index (χ2v) is 6.45. The average Bonchev–Trinajstić information content (AvgIpc) is 2.93. The summed E-state index contributed by atoms with van der Waals surface area (Å²) in [6.45, 7) is 9.15. The molecular formula is C15H27NO2. The molecule has 3 rings (SSSR count). The van der Waals surface area contributed by atoms with E-state index in [1.165, 1.54) is 45.3 Å². The first-order valence-electron chi connectivity index (χ1n) is 7.74. The van der Waals surface area contributed by atoms with E-state index >= 15 is 0 Å². The van der Waals surface area contributed by atoms with Gasteiger partial charge in [0, 0.05) is 18.9 Å². The molecule has 0 amide bonds. The summed E-state index contributed by atoms with van der Waals surface area (Å²) >= 11 is 0. The summed E-state index contributed by atoms with van der Waals surface area (Å²) < 4.78 is 11.4. The molecule has 3 aliphatic rings. The maximum Gasteiger partial charge on any atom is 0.0990 e. The number of rotatable bonds is 5. The van der Waals surface area contributed by atoms with Crippen LogP contribution in [0.3, 0.4) is 0 Å². The molecule has 0 bridgehead atoms. The number of hydrogen-bond donors (Lipinski definition) is 0. The van der Waals surface area contributed by atoms with E-state index in [-0.39, 0.29) is 5.60 Å². The lowest BCUT2D eigenvalue weighted by Crippen LogP contribution is -2.39. The van der Waals surface area contributed by atoms with Gasteiger partial charge in [0.25, 0.3) is 0 Å². The molecule has 0 aliphatic carbocycles. The number of hydrogen-bond acceptors (Lipinski definition) is 3. The summed E-state index contributed by atoms with van der Waals surface area (Å²) in [6.07, 6.45) is 6.60. The number of epoxide rings is 1. The minimum absolute atomic E-state index is 0.227.